The average molecular weight is 418 g/mol. The van der Waals surface area contributed by atoms with Gasteiger partial charge in [-0.2, -0.15) is 0 Å². The van der Waals surface area contributed by atoms with E-state index in [1.54, 1.807) is 35.2 Å². The molecule has 1 saturated heterocycles. The summed E-state index contributed by atoms with van der Waals surface area (Å²) in [4.78, 5) is 14.6. The van der Waals surface area contributed by atoms with Gasteiger partial charge in [-0.3, -0.25) is 5.41 Å². The fourth-order valence-corrected chi connectivity index (χ4v) is 3.97. The second-order valence-corrected chi connectivity index (χ2v) is 7.41. The molecule has 0 radical (unpaired) electrons. The number of guanidine groups is 1. The van der Waals surface area contributed by atoms with E-state index in [0.29, 0.717) is 25.9 Å². The van der Waals surface area contributed by atoms with E-state index >= 15 is 0 Å². The summed E-state index contributed by atoms with van der Waals surface area (Å²) in [5, 5.41) is 18.7. The lowest BCUT2D eigenvalue weighted by atomic mass is 9.80. The minimum absolute atomic E-state index is 0. The Bertz CT molecular complexity index is 699. The molecular formula is C19H26ClF2N3O3. The van der Waals surface area contributed by atoms with Crippen molar-refractivity contribution in [2.45, 2.75) is 49.7 Å². The number of ether oxygens (including phenoxy) is 1. The number of esters is 1. The number of rotatable bonds is 4. The predicted molar refractivity (Wildman–Crippen MR) is 102 cm³/mol. The highest BCUT2D eigenvalue weighted by Crippen LogP contribution is 2.48. The molecule has 2 fully saturated rings. The third kappa shape index (κ3) is 4.55. The van der Waals surface area contributed by atoms with Crippen molar-refractivity contribution in [2.75, 3.05) is 13.1 Å². The summed E-state index contributed by atoms with van der Waals surface area (Å²) >= 11 is 0. The number of likely N-dealkylation sites (tertiary alicyclic amines) is 1. The maximum atomic E-state index is 13.8. The van der Waals surface area contributed by atoms with E-state index in [4.69, 9.17) is 15.9 Å². The van der Waals surface area contributed by atoms with Crippen molar-refractivity contribution in [1.29, 1.82) is 5.41 Å². The van der Waals surface area contributed by atoms with Crippen molar-refractivity contribution < 1.29 is 23.4 Å². The number of carbonyl (C=O) groups is 1. The molecule has 28 heavy (non-hydrogen) atoms. The van der Waals surface area contributed by atoms with Gasteiger partial charge >= 0.3 is 5.97 Å². The highest BCUT2D eigenvalue weighted by Gasteiger charge is 2.54. The number of piperidine rings is 1. The predicted octanol–water partition coefficient (Wildman–Crippen LogP) is 2.63. The van der Waals surface area contributed by atoms with Gasteiger partial charge in [0.2, 0.25) is 5.92 Å². The first kappa shape index (κ1) is 22.4. The quantitative estimate of drug-likeness (QED) is 0.397. The van der Waals surface area contributed by atoms with Crippen LogP contribution in [-0.4, -0.2) is 47.1 Å². The van der Waals surface area contributed by atoms with E-state index in [0.717, 1.165) is 0 Å². The minimum atomic E-state index is -2.89. The van der Waals surface area contributed by atoms with E-state index in [2.05, 4.69) is 0 Å². The number of hydrogen-bond acceptors (Lipinski definition) is 4. The van der Waals surface area contributed by atoms with Gasteiger partial charge in [-0.25, -0.2) is 13.6 Å². The van der Waals surface area contributed by atoms with Crippen molar-refractivity contribution in [2.24, 2.45) is 11.7 Å². The largest absolute Gasteiger partial charge is 0.460 e. The monoisotopic (exact) mass is 417 g/mol. The normalized spacial score (nSPS) is 24.1. The number of nitrogens with one attached hydrogen (secondary N) is 1. The van der Waals surface area contributed by atoms with Crippen LogP contribution in [0.2, 0.25) is 0 Å². The first-order valence-electron chi connectivity index (χ1n) is 9.18. The van der Waals surface area contributed by atoms with Crippen LogP contribution in [0, 0.1) is 11.3 Å². The molecule has 6 nitrogen and oxygen atoms in total. The van der Waals surface area contributed by atoms with Crippen LogP contribution >= 0.6 is 12.4 Å². The fraction of sp³-hybridized carbons (Fsp3) is 0.579. The second-order valence-electron chi connectivity index (χ2n) is 7.41. The number of nitrogens with zero attached hydrogens (tertiary/aromatic N) is 1. The van der Waals surface area contributed by atoms with Crippen LogP contribution in [-0.2, 0) is 15.1 Å². The van der Waals surface area contributed by atoms with Gasteiger partial charge in [0.1, 0.15) is 6.10 Å². The molecule has 1 aliphatic carbocycles. The van der Waals surface area contributed by atoms with Crippen molar-refractivity contribution in [3.8, 4) is 0 Å². The Morgan fingerprint density at radius 3 is 2.36 bits per heavy atom. The van der Waals surface area contributed by atoms with Crippen molar-refractivity contribution in [3.63, 3.8) is 0 Å². The number of nitrogens with two attached hydrogens (primary N) is 1. The standard InChI is InChI=1S/C19H25F2N3O3.ClH/c20-18(21)9-6-14(12-18)19(26,13-4-2-1-3-5-13)16(25)27-15-7-10-24(11-8-15)17(22)23;/h1-5,14-15,26H,6-12H2,(H3,22,23);1H/t14-,19+;/m1./s1. The summed E-state index contributed by atoms with van der Waals surface area (Å²) in [7, 11) is 0. The Kier molecular flexibility index (Phi) is 6.88. The Hall–Kier alpha value is -1.93. The highest BCUT2D eigenvalue weighted by atomic mass is 35.5. The zero-order valence-corrected chi connectivity index (χ0v) is 16.3. The molecule has 156 valence electrons. The van der Waals surface area contributed by atoms with Crippen molar-refractivity contribution in [3.05, 3.63) is 35.9 Å². The molecule has 0 spiro atoms. The first-order valence-corrected chi connectivity index (χ1v) is 9.18. The lowest BCUT2D eigenvalue weighted by Crippen LogP contribution is -2.48. The summed E-state index contributed by atoms with van der Waals surface area (Å²) in [5.74, 6) is -4.70. The molecule has 1 aliphatic heterocycles. The van der Waals surface area contributed by atoms with Gasteiger partial charge in [-0.1, -0.05) is 30.3 Å². The number of hydrogen-bond donors (Lipinski definition) is 3. The summed E-state index contributed by atoms with van der Waals surface area (Å²) in [6, 6.07) is 8.18. The smallest absolute Gasteiger partial charge is 0.343 e. The topological polar surface area (TPSA) is 99.6 Å². The van der Waals surface area contributed by atoms with E-state index < -0.39 is 35.9 Å². The summed E-state index contributed by atoms with van der Waals surface area (Å²) in [6.45, 7) is 0.942. The van der Waals surface area contributed by atoms with Crippen molar-refractivity contribution >= 4 is 24.3 Å². The molecule has 1 aromatic rings. The van der Waals surface area contributed by atoms with Crippen LogP contribution in [0.1, 0.15) is 37.7 Å². The third-order valence-electron chi connectivity index (χ3n) is 5.58. The Labute approximate surface area is 169 Å². The van der Waals surface area contributed by atoms with Crippen LogP contribution in [0.25, 0.3) is 0 Å². The second kappa shape index (κ2) is 8.61. The number of carbonyl (C=O) groups excluding carboxylic acids is 1. The minimum Gasteiger partial charge on any atom is -0.460 e. The van der Waals surface area contributed by atoms with Crippen LogP contribution in [0.15, 0.2) is 30.3 Å². The number of aliphatic hydroxyl groups is 1. The maximum Gasteiger partial charge on any atom is 0.343 e. The number of benzene rings is 1. The molecule has 2 aliphatic rings. The van der Waals surface area contributed by atoms with Gasteiger partial charge in [0.05, 0.1) is 0 Å². The Morgan fingerprint density at radius 1 is 1.25 bits per heavy atom. The van der Waals surface area contributed by atoms with Gasteiger partial charge in [-0.15, -0.1) is 12.4 Å². The molecule has 9 heteroatoms. The van der Waals surface area contributed by atoms with E-state index in [-0.39, 0.29) is 36.8 Å². The van der Waals surface area contributed by atoms with Crippen molar-refractivity contribution in [1.82, 2.24) is 4.90 Å². The molecule has 0 aromatic heterocycles. The van der Waals surface area contributed by atoms with Gasteiger partial charge < -0.3 is 20.5 Å². The molecule has 4 N–H and O–H groups in total. The van der Waals surface area contributed by atoms with Gasteiger partial charge in [-0.05, 0) is 12.0 Å². The molecule has 0 amide bonds. The third-order valence-corrected chi connectivity index (χ3v) is 5.58. The van der Waals surface area contributed by atoms with Crippen LogP contribution in [0.3, 0.4) is 0 Å². The molecule has 1 aromatic carbocycles. The summed E-state index contributed by atoms with van der Waals surface area (Å²) in [6.07, 6.45) is -0.345. The van der Waals surface area contributed by atoms with E-state index in [1.807, 2.05) is 0 Å². The van der Waals surface area contributed by atoms with Gasteiger partial charge in [0, 0.05) is 44.7 Å². The SMILES string of the molecule is Cl.N=C(N)N1CCC(OC(=O)[C@](O)(c2ccccc2)[C@@H]2CCC(F)(F)C2)CC1. The Balaban J connectivity index is 0.00000280. The van der Waals surface area contributed by atoms with E-state index in [9.17, 15) is 18.7 Å². The van der Waals surface area contributed by atoms with Crippen LogP contribution < -0.4 is 5.73 Å². The lowest BCUT2D eigenvalue weighted by molar-refractivity contribution is -0.182. The molecule has 3 rings (SSSR count). The molecular weight excluding hydrogens is 392 g/mol. The average Bonchev–Trinajstić information content (AvgIpc) is 3.02. The maximum absolute atomic E-state index is 13.8. The van der Waals surface area contributed by atoms with Gasteiger partial charge in [0.25, 0.3) is 0 Å². The first-order chi connectivity index (χ1) is 12.7. The van der Waals surface area contributed by atoms with Crippen LogP contribution in [0.5, 0.6) is 0 Å². The molecule has 1 saturated carbocycles. The molecule has 0 bridgehead atoms. The highest BCUT2D eigenvalue weighted by molar-refractivity contribution is 5.85. The fourth-order valence-electron chi connectivity index (χ4n) is 3.97. The zero-order valence-electron chi connectivity index (χ0n) is 15.4. The number of halogens is 3. The zero-order chi connectivity index (χ0) is 19.7. The van der Waals surface area contributed by atoms with Crippen LogP contribution in [0.4, 0.5) is 8.78 Å². The summed E-state index contributed by atoms with van der Waals surface area (Å²) < 4.78 is 33.1. The Morgan fingerprint density at radius 2 is 1.86 bits per heavy atom. The lowest BCUT2D eigenvalue weighted by Gasteiger charge is -2.36. The van der Waals surface area contributed by atoms with E-state index in [1.165, 1.54) is 0 Å². The van der Waals surface area contributed by atoms with Gasteiger partial charge in [0.15, 0.2) is 11.6 Å². The molecule has 2 atom stereocenters. The summed E-state index contributed by atoms with van der Waals surface area (Å²) in [5.41, 5.74) is 3.64. The molecule has 1 heterocycles. The molecule has 0 unspecified atom stereocenters. The number of alkyl halides is 2.